The van der Waals surface area contributed by atoms with Gasteiger partial charge in [-0.3, -0.25) is 0 Å². The van der Waals surface area contributed by atoms with Gasteiger partial charge in [-0.15, -0.1) is 0 Å². The number of aromatic hydroxyl groups is 2. The van der Waals surface area contributed by atoms with Gasteiger partial charge < -0.3 is 15.2 Å². The summed E-state index contributed by atoms with van der Waals surface area (Å²) in [6.45, 7) is 0. The molecule has 0 fully saturated rings. The summed E-state index contributed by atoms with van der Waals surface area (Å²) in [4.78, 5) is 3.40. The van der Waals surface area contributed by atoms with Crippen molar-refractivity contribution in [2.45, 2.75) is 0 Å². The number of halogens is 1. The Hall–Kier alpha value is -2.98. The minimum Gasteiger partial charge on any atom is -0.507 e. The number of phenols is 2. The SMILES string of the molecule is Oc1ccc2ccccc2c1-c1c(O)ccc2[nH]c3ccc(Br)cc3c12. The van der Waals surface area contributed by atoms with Crippen LogP contribution in [-0.4, -0.2) is 15.2 Å². The van der Waals surface area contributed by atoms with Crippen LogP contribution in [-0.2, 0) is 0 Å². The molecule has 3 N–H and O–H groups in total. The molecule has 0 saturated carbocycles. The second kappa shape index (κ2) is 5.51. The zero-order valence-electron chi connectivity index (χ0n) is 13.6. The van der Waals surface area contributed by atoms with Gasteiger partial charge >= 0.3 is 0 Å². The van der Waals surface area contributed by atoms with Crippen LogP contribution in [0.25, 0.3) is 43.7 Å². The standard InChI is InChI=1S/C22H14BrNO2/c23-13-6-7-16-15(11-13)20-17(24-16)8-10-19(26)22(20)21-14-4-2-1-3-12(14)5-9-18(21)25/h1-11,24-26H. The Labute approximate surface area is 157 Å². The first kappa shape index (κ1) is 15.3. The Morgan fingerprint density at radius 3 is 2.31 bits per heavy atom. The number of aromatic nitrogens is 1. The van der Waals surface area contributed by atoms with Gasteiger partial charge in [0.05, 0.1) is 0 Å². The van der Waals surface area contributed by atoms with E-state index in [4.69, 9.17) is 0 Å². The molecular formula is C22H14BrNO2. The fourth-order valence-corrected chi connectivity index (χ4v) is 4.09. The van der Waals surface area contributed by atoms with Crippen LogP contribution < -0.4 is 0 Å². The molecule has 0 aliphatic carbocycles. The Balaban J connectivity index is 2.03. The normalized spacial score (nSPS) is 11.6. The second-order valence-electron chi connectivity index (χ2n) is 6.38. The Morgan fingerprint density at radius 1 is 0.692 bits per heavy atom. The molecule has 5 aromatic rings. The molecule has 0 bridgehead atoms. The van der Waals surface area contributed by atoms with E-state index in [1.165, 1.54) is 0 Å². The van der Waals surface area contributed by atoms with E-state index in [0.29, 0.717) is 11.1 Å². The Morgan fingerprint density at radius 2 is 1.42 bits per heavy atom. The number of hydrogen-bond donors (Lipinski definition) is 3. The van der Waals surface area contributed by atoms with Gasteiger partial charge in [0.15, 0.2) is 0 Å². The summed E-state index contributed by atoms with van der Waals surface area (Å²) < 4.78 is 0.960. The lowest BCUT2D eigenvalue weighted by Crippen LogP contribution is -1.86. The summed E-state index contributed by atoms with van der Waals surface area (Å²) in [5.74, 6) is 0.292. The lowest BCUT2D eigenvalue weighted by Gasteiger charge is -2.13. The molecule has 126 valence electrons. The van der Waals surface area contributed by atoms with Crippen LogP contribution in [0, 0.1) is 0 Å². The van der Waals surface area contributed by atoms with Gasteiger partial charge in [-0.1, -0.05) is 46.3 Å². The molecule has 0 saturated heterocycles. The van der Waals surface area contributed by atoms with Crippen molar-refractivity contribution >= 4 is 48.5 Å². The van der Waals surface area contributed by atoms with E-state index in [2.05, 4.69) is 20.9 Å². The summed E-state index contributed by atoms with van der Waals surface area (Å²) in [6.07, 6.45) is 0. The number of benzene rings is 4. The second-order valence-corrected chi connectivity index (χ2v) is 7.29. The number of nitrogens with one attached hydrogen (secondary N) is 1. The van der Waals surface area contributed by atoms with E-state index in [-0.39, 0.29) is 11.5 Å². The van der Waals surface area contributed by atoms with Gasteiger partial charge in [0, 0.05) is 37.4 Å². The molecule has 1 aromatic heterocycles. The van der Waals surface area contributed by atoms with E-state index in [9.17, 15) is 10.2 Å². The molecular weight excluding hydrogens is 390 g/mol. The minimum absolute atomic E-state index is 0.144. The van der Waals surface area contributed by atoms with E-state index in [0.717, 1.165) is 37.1 Å². The number of phenolic OH excluding ortho intramolecular Hbond substituents is 2. The van der Waals surface area contributed by atoms with Crippen molar-refractivity contribution in [3.8, 4) is 22.6 Å². The number of rotatable bonds is 1. The van der Waals surface area contributed by atoms with Gasteiger partial charge in [0.1, 0.15) is 11.5 Å². The van der Waals surface area contributed by atoms with Gasteiger partial charge in [0.2, 0.25) is 0 Å². The van der Waals surface area contributed by atoms with Crippen molar-refractivity contribution < 1.29 is 10.2 Å². The topological polar surface area (TPSA) is 56.2 Å². The van der Waals surface area contributed by atoms with Crippen LogP contribution in [0.15, 0.2) is 71.2 Å². The van der Waals surface area contributed by atoms with Crippen molar-refractivity contribution in [3.63, 3.8) is 0 Å². The average molecular weight is 404 g/mol. The summed E-state index contributed by atoms with van der Waals surface area (Å²) in [5, 5.41) is 25.2. The van der Waals surface area contributed by atoms with Crippen molar-refractivity contribution in [3.05, 3.63) is 71.2 Å². The van der Waals surface area contributed by atoms with Crippen molar-refractivity contribution in [1.29, 1.82) is 0 Å². The molecule has 0 spiro atoms. The smallest absolute Gasteiger partial charge is 0.124 e. The quantitative estimate of drug-likeness (QED) is 0.306. The minimum atomic E-state index is 0.144. The lowest BCUT2D eigenvalue weighted by molar-refractivity contribution is 0.470. The van der Waals surface area contributed by atoms with Crippen molar-refractivity contribution in [2.75, 3.05) is 0 Å². The fourth-order valence-electron chi connectivity index (χ4n) is 3.73. The van der Waals surface area contributed by atoms with Crippen molar-refractivity contribution in [2.24, 2.45) is 0 Å². The first-order valence-electron chi connectivity index (χ1n) is 8.27. The molecule has 1 heterocycles. The predicted octanol–water partition coefficient (Wildman–Crippen LogP) is 6.32. The number of H-pyrrole nitrogens is 1. The Bertz CT molecular complexity index is 1320. The molecule has 5 rings (SSSR count). The molecule has 0 radical (unpaired) electrons. The van der Waals surface area contributed by atoms with E-state index in [1.54, 1.807) is 12.1 Å². The fraction of sp³-hybridized carbons (Fsp3) is 0. The third-order valence-electron chi connectivity index (χ3n) is 4.86. The van der Waals surface area contributed by atoms with Crippen LogP contribution >= 0.6 is 15.9 Å². The maximum atomic E-state index is 10.8. The highest BCUT2D eigenvalue weighted by atomic mass is 79.9. The molecule has 4 aromatic carbocycles. The Kier molecular flexibility index (Phi) is 3.24. The highest BCUT2D eigenvalue weighted by Gasteiger charge is 2.19. The summed E-state index contributed by atoms with van der Waals surface area (Å²) in [6, 6.07) is 21.0. The molecule has 0 atom stereocenters. The molecule has 26 heavy (non-hydrogen) atoms. The lowest BCUT2D eigenvalue weighted by atomic mass is 9.93. The number of fused-ring (bicyclic) bond motifs is 4. The van der Waals surface area contributed by atoms with Crippen LogP contribution in [0.3, 0.4) is 0 Å². The molecule has 4 heteroatoms. The van der Waals surface area contributed by atoms with E-state index in [1.807, 2.05) is 54.6 Å². The van der Waals surface area contributed by atoms with Gasteiger partial charge in [-0.25, -0.2) is 0 Å². The first-order valence-corrected chi connectivity index (χ1v) is 9.07. The third-order valence-corrected chi connectivity index (χ3v) is 5.35. The van der Waals surface area contributed by atoms with Gasteiger partial charge in [0.25, 0.3) is 0 Å². The highest BCUT2D eigenvalue weighted by molar-refractivity contribution is 9.10. The summed E-state index contributed by atoms with van der Waals surface area (Å²) in [7, 11) is 0. The molecule has 0 unspecified atom stereocenters. The summed E-state index contributed by atoms with van der Waals surface area (Å²) >= 11 is 3.53. The van der Waals surface area contributed by atoms with Crippen molar-refractivity contribution in [1.82, 2.24) is 4.98 Å². The summed E-state index contributed by atoms with van der Waals surface area (Å²) in [5.41, 5.74) is 3.18. The van der Waals surface area contributed by atoms with Crippen LogP contribution in [0.1, 0.15) is 0 Å². The monoisotopic (exact) mass is 403 g/mol. The zero-order chi connectivity index (χ0) is 17.8. The molecule has 0 amide bonds. The van der Waals surface area contributed by atoms with Gasteiger partial charge in [-0.2, -0.15) is 0 Å². The highest BCUT2D eigenvalue weighted by Crippen LogP contribution is 2.46. The maximum Gasteiger partial charge on any atom is 0.124 e. The van der Waals surface area contributed by atoms with Crippen LogP contribution in [0.2, 0.25) is 0 Å². The first-order chi connectivity index (χ1) is 12.6. The number of aromatic amines is 1. The van der Waals surface area contributed by atoms with E-state index >= 15 is 0 Å². The van der Waals surface area contributed by atoms with E-state index < -0.39 is 0 Å². The average Bonchev–Trinajstić information content (AvgIpc) is 3.00. The number of hydrogen-bond acceptors (Lipinski definition) is 2. The maximum absolute atomic E-state index is 10.8. The largest absolute Gasteiger partial charge is 0.507 e. The molecule has 0 aliphatic heterocycles. The van der Waals surface area contributed by atoms with Crippen LogP contribution in [0.5, 0.6) is 11.5 Å². The van der Waals surface area contributed by atoms with Crippen LogP contribution in [0.4, 0.5) is 0 Å². The van der Waals surface area contributed by atoms with Gasteiger partial charge in [-0.05, 0) is 47.2 Å². The third kappa shape index (κ3) is 2.12. The molecule has 0 aliphatic rings. The predicted molar refractivity (Wildman–Crippen MR) is 110 cm³/mol. The molecule has 3 nitrogen and oxygen atoms in total. The zero-order valence-corrected chi connectivity index (χ0v) is 15.2.